The Balaban J connectivity index is 1.97. The van der Waals surface area contributed by atoms with Crippen LogP contribution in [0.5, 0.6) is 5.75 Å². The van der Waals surface area contributed by atoms with E-state index >= 15 is 0 Å². The average molecular weight is 215 g/mol. The molecule has 1 aromatic heterocycles. The summed E-state index contributed by atoms with van der Waals surface area (Å²) in [7, 11) is 1.84. The summed E-state index contributed by atoms with van der Waals surface area (Å²) >= 11 is 0. The number of para-hydroxylation sites is 1. The SMILES string of the molecule is Cn1cccc1C(=O)COc1ccccc1. The number of ether oxygens (including phenoxy) is 1. The Hall–Kier alpha value is -2.03. The normalized spacial score (nSPS) is 10.1. The monoisotopic (exact) mass is 215 g/mol. The lowest BCUT2D eigenvalue weighted by Gasteiger charge is -2.05. The van der Waals surface area contributed by atoms with Gasteiger partial charge in [-0.2, -0.15) is 0 Å². The fraction of sp³-hybridized carbons (Fsp3) is 0.154. The number of aromatic nitrogens is 1. The average Bonchev–Trinajstić information content (AvgIpc) is 2.74. The number of hydrogen-bond acceptors (Lipinski definition) is 2. The molecule has 0 bridgehead atoms. The van der Waals surface area contributed by atoms with E-state index in [1.807, 2.05) is 49.6 Å². The van der Waals surface area contributed by atoms with Crippen LogP contribution in [0.15, 0.2) is 48.7 Å². The highest BCUT2D eigenvalue weighted by molar-refractivity contribution is 5.95. The topological polar surface area (TPSA) is 31.2 Å². The summed E-state index contributed by atoms with van der Waals surface area (Å²) in [5, 5.41) is 0. The number of nitrogens with zero attached hydrogens (tertiary/aromatic N) is 1. The molecule has 0 saturated carbocycles. The molecular formula is C13H13NO2. The van der Waals surface area contributed by atoms with Gasteiger partial charge in [0.1, 0.15) is 5.75 Å². The van der Waals surface area contributed by atoms with Crippen LogP contribution in [0, 0.1) is 0 Å². The second-order valence-corrected chi connectivity index (χ2v) is 3.53. The van der Waals surface area contributed by atoms with Gasteiger partial charge in [-0.25, -0.2) is 0 Å². The van der Waals surface area contributed by atoms with E-state index in [9.17, 15) is 4.79 Å². The lowest BCUT2D eigenvalue weighted by Crippen LogP contribution is -2.14. The molecule has 0 aliphatic carbocycles. The van der Waals surface area contributed by atoms with Gasteiger partial charge in [0.05, 0.1) is 5.69 Å². The first-order valence-electron chi connectivity index (χ1n) is 5.10. The molecular weight excluding hydrogens is 202 g/mol. The van der Waals surface area contributed by atoms with Crippen molar-refractivity contribution in [2.75, 3.05) is 6.61 Å². The Labute approximate surface area is 94.3 Å². The maximum atomic E-state index is 11.8. The second-order valence-electron chi connectivity index (χ2n) is 3.53. The summed E-state index contributed by atoms with van der Waals surface area (Å²) < 4.78 is 7.17. The molecule has 0 aliphatic heterocycles. The van der Waals surface area contributed by atoms with Gasteiger partial charge in [-0.3, -0.25) is 4.79 Å². The van der Waals surface area contributed by atoms with E-state index < -0.39 is 0 Å². The standard InChI is InChI=1S/C13H13NO2/c1-14-9-5-8-12(14)13(15)10-16-11-6-3-2-4-7-11/h2-9H,10H2,1H3. The zero-order valence-corrected chi connectivity index (χ0v) is 9.09. The number of benzene rings is 1. The summed E-state index contributed by atoms with van der Waals surface area (Å²) in [5.74, 6) is 0.696. The van der Waals surface area contributed by atoms with Crippen LogP contribution in [-0.4, -0.2) is 17.0 Å². The Bertz CT molecular complexity index is 474. The van der Waals surface area contributed by atoms with E-state index in [-0.39, 0.29) is 12.4 Å². The number of rotatable bonds is 4. The van der Waals surface area contributed by atoms with Crippen LogP contribution in [0.3, 0.4) is 0 Å². The molecule has 3 nitrogen and oxygen atoms in total. The van der Waals surface area contributed by atoms with Gasteiger partial charge in [0.25, 0.3) is 0 Å². The van der Waals surface area contributed by atoms with Crippen molar-refractivity contribution in [3.63, 3.8) is 0 Å². The van der Waals surface area contributed by atoms with Crippen molar-refractivity contribution in [3.05, 3.63) is 54.4 Å². The van der Waals surface area contributed by atoms with Gasteiger partial charge >= 0.3 is 0 Å². The Morgan fingerprint density at radius 2 is 1.94 bits per heavy atom. The molecule has 0 saturated heterocycles. The number of carbonyl (C=O) groups is 1. The molecule has 0 N–H and O–H groups in total. The van der Waals surface area contributed by atoms with Crippen LogP contribution < -0.4 is 4.74 Å². The van der Waals surface area contributed by atoms with Gasteiger partial charge in [0, 0.05) is 13.2 Å². The summed E-state index contributed by atoms with van der Waals surface area (Å²) in [6.07, 6.45) is 1.84. The van der Waals surface area contributed by atoms with Crippen LogP contribution in [0.4, 0.5) is 0 Å². The van der Waals surface area contributed by atoms with Gasteiger partial charge < -0.3 is 9.30 Å². The maximum absolute atomic E-state index is 11.8. The summed E-state index contributed by atoms with van der Waals surface area (Å²) in [6, 6.07) is 13.0. The largest absolute Gasteiger partial charge is 0.485 e. The second kappa shape index (κ2) is 4.66. The molecule has 1 heterocycles. The van der Waals surface area contributed by atoms with Crippen LogP contribution in [0.25, 0.3) is 0 Å². The summed E-state index contributed by atoms with van der Waals surface area (Å²) in [4.78, 5) is 11.8. The molecule has 16 heavy (non-hydrogen) atoms. The Kier molecular flexibility index (Phi) is 3.05. The van der Waals surface area contributed by atoms with Gasteiger partial charge in [0.15, 0.2) is 6.61 Å². The molecule has 0 fully saturated rings. The molecule has 1 aromatic carbocycles. The molecule has 0 amide bonds. The van der Waals surface area contributed by atoms with Crippen molar-refractivity contribution >= 4 is 5.78 Å². The van der Waals surface area contributed by atoms with E-state index in [2.05, 4.69) is 0 Å². The van der Waals surface area contributed by atoms with E-state index in [0.717, 1.165) is 0 Å². The smallest absolute Gasteiger partial charge is 0.216 e. The third kappa shape index (κ3) is 2.31. The van der Waals surface area contributed by atoms with Crippen molar-refractivity contribution in [2.45, 2.75) is 0 Å². The molecule has 2 aromatic rings. The van der Waals surface area contributed by atoms with E-state index in [1.165, 1.54) is 0 Å². The van der Waals surface area contributed by atoms with E-state index in [0.29, 0.717) is 11.4 Å². The molecule has 0 spiro atoms. The maximum Gasteiger partial charge on any atom is 0.216 e. The van der Waals surface area contributed by atoms with Crippen LogP contribution in [0.1, 0.15) is 10.5 Å². The third-order valence-corrected chi connectivity index (χ3v) is 2.34. The third-order valence-electron chi connectivity index (χ3n) is 2.34. The van der Waals surface area contributed by atoms with Crippen molar-refractivity contribution < 1.29 is 9.53 Å². The van der Waals surface area contributed by atoms with Gasteiger partial charge in [-0.05, 0) is 24.3 Å². The molecule has 3 heteroatoms. The van der Waals surface area contributed by atoms with Crippen molar-refractivity contribution in [2.24, 2.45) is 7.05 Å². The lowest BCUT2D eigenvalue weighted by atomic mass is 10.3. The van der Waals surface area contributed by atoms with Crippen LogP contribution in [-0.2, 0) is 7.05 Å². The predicted molar refractivity (Wildman–Crippen MR) is 61.7 cm³/mol. The molecule has 2 rings (SSSR count). The molecule has 0 aliphatic rings. The van der Waals surface area contributed by atoms with Gasteiger partial charge in [0.2, 0.25) is 5.78 Å². The highest BCUT2D eigenvalue weighted by atomic mass is 16.5. The molecule has 0 unspecified atom stereocenters. The minimum absolute atomic E-state index is 0.0173. The molecule has 0 atom stereocenters. The Morgan fingerprint density at radius 1 is 1.19 bits per heavy atom. The van der Waals surface area contributed by atoms with Gasteiger partial charge in [-0.15, -0.1) is 0 Å². The number of hydrogen-bond donors (Lipinski definition) is 0. The molecule has 82 valence electrons. The highest BCUT2D eigenvalue weighted by Crippen LogP contribution is 2.09. The minimum atomic E-state index is -0.0173. The van der Waals surface area contributed by atoms with Gasteiger partial charge in [-0.1, -0.05) is 18.2 Å². The summed E-state index contributed by atoms with van der Waals surface area (Å²) in [5.41, 5.74) is 0.663. The van der Waals surface area contributed by atoms with Crippen LogP contribution in [0.2, 0.25) is 0 Å². The molecule has 0 radical (unpaired) electrons. The zero-order valence-electron chi connectivity index (χ0n) is 9.09. The number of ketones is 1. The lowest BCUT2D eigenvalue weighted by molar-refractivity contribution is 0.0913. The first kappa shape index (κ1) is 10.5. The number of carbonyl (C=O) groups excluding carboxylic acids is 1. The van der Waals surface area contributed by atoms with Crippen molar-refractivity contribution in [1.29, 1.82) is 0 Å². The van der Waals surface area contributed by atoms with Crippen molar-refractivity contribution in [1.82, 2.24) is 4.57 Å². The highest BCUT2D eigenvalue weighted by Gasteiger charge is 2.09. The summed E-state index contributed by atoms with van der Waals surface area (Å²) in [6.45, 7) is 0.0713. The fourth-order valence-electron chi connectivity index (χ4n) is 1.49. The number of Topliss-reactive ketones (excluding diaryl/α,β-unsaturated/α-hetero) is 1. The fourth-order valence-corrected chi connectivity index (χ4v) is 1.49. The van der Waals surface area contributed by atoms with E-state index in [1.54, 1.807) is 10.6 Å². The van der Waals surface area contributed by atoms with Crippen LogP contribution >= 0.6 is 0 Å². The quantitative estimate of drug-likeness (QED) is 0.733. The van der Waals surface area contributed by atoms with Crippen molar-refractivity contribution in [3.8, 4) is 5.75 Å². The number of aryl methyl sites for hydroxylation is 1. The first-order valence-corrected chi connectivity index (χ1v) is 5.10. The Morgan fingerprint density at radius 3 is 2.56 bits per heavy atom. The van der Waals surface area contributed by atoms with E-state index in [4.69, 9.17) is 4.74 Å². The first-order chi connectivity index (χ1) is 7.77. The minimum Gasteiger partial charge on any atom is -0.485 e. The zero-order chi connectivity index (χ0) is 11.4. The predicted octanol–water partition coefficient (Wildman–Crippen LogP) is 2.29.